The van der Waals surface area contributed by atoms with Crippen molar-refractivity contribution >= 4 is 29.7 Å². The van der Waals surface area contributed by atoms with Gasteiger partial charge in [-0.2, -0.15) is 0 Å². The number of carbonyl (C=O) groups is 5. The van der Waals surface area contributed by atoms with Gasteiger partial charge in [-0.15, -0.1) is 0 Å². The van der Waals surface area contributed by atoms with Gasteiger partial charge in [-0.3, -0.25) is 24.0 Å². The molecule has 0 fully saturated rings. The summed E-state index contributed by atoms with van der Waals surface area (Å²) in [6, 6.07) is 9.11. The molecule has 0 saturated heterocycles. The molecule has 31 heavy (non-hydrogen) atoms. The third kappa shape index (κ3) is 9.72. The molecule has 1 aromatic rings. The molecule has 0 aromatic heterocycles. The summed E-state index contributed by atoms with van der Waals surface area (Å²) < 4.78 is 5.08. The summed E-state index contributed by atoms with van der Waals surface area (Å²) in [5.74, 6) is -4.15. The van der Waals surface area contributed by atoms with Crippen LogP contribution in [-0.2, 0) is 35.3 Å². The van der Waals surface area contributed by atoms with Gasteiger partial charge in [0.25, 0.3) is 11.8 Å². The highest BCUT2D eigenvalue weighted by Crippen LogP contribution is 2.07. The van der Waals surface area contributed by atoms with Crippen LogP contribution in [0.1, 0.15) is 19.4 Å². The molecule has 0 aliphatic carbocycles. The van der Waals surface area contributed by atoms with Gasteiger partial charge in [0.1, 0.15) is 19.6 Å². The van der Waals surface area contributed by atoms with E-state index >= 15 is 0 Å². The first-order valence-electron chi connectivity index (χ1n) is 9.70. The zero-order chi connectivity index (χ0) is 23.4. The first kappa shape index (κ1) is 25.6. The molecule has 6 N–H and O–H groups in total. The molecule has 1 aromatic carbocycles. The first-order chi connectivity index (χ1) is 14.6. The number of carboxylic acids is 1. The molecule has 0 aliphatic heterocycles. The molecule has 0 saturated carbocycles. The Hall–Kier alpha value is -3.47. The molecule has 0 bridgehead atoms. The molecular weight excluding hydrogens is 408 g/mol. The lowest BCUT2D eigenvalue weighted by molar-refractivity contribution is -0.357. The van der Waals surface area contributed by atoms with E-state index in [9.17, 15) is 24.0 Å². The lowest BCUT2D eigenvalue weighted by Crippen LogP contribution is -2.58. The molecule has 11 nitrogen and oxygen atoms in total. The van der Waals surface area contributed by atoms with Gasteiger partial charge in [0.15, 0.2) is 12.6 Å². The van der Waals surface area contributed by atoms with Crippen molar-refractivity contribution in [1.82, 2.24) is 15.5 Å². The quantitative estimate of drug-likeness (QED) is 0.278. The minimum absolute atomic E-state index is 0.0241. The number of esters is 1. The minimum atomic E-state index is -1.23. The third-order valence-corrected chi connectivity index (χ3v) is 4.08. The first-order valence-corrected chi connectivity index (χ1v) is 9.70. The number of hydrogen-bond acceptors (Lipinski definition) is 6. The largest absolute Gasteiger partial charge is 0.480 e. The molecule has 0 aliphatic rings. The Morgan fingerprint density at radius 3 is 2.26 bits per heavy atom. The number of nitrogens with one attached hydrogen (secondary N) is 2. The van der Waals surface area contributed by atoms with Crippen molar-refractivity contribution in [2.75, 3.05) is 26.2 Å². The number of quaternary nitrogens is 1. The van der Waals surface area contributed by atoms with Crippen LogP contribution < -0.4 is 16.4 Å². The van der Waals surface area contributed by atoms with Crippen LogP contribution in [-0.4, -0.2) is 71.9 Å². The smallest absolute Gasteiger partial charge is 0.326 e. The number of benzene rings is 1. The predicted molar refractivity (Wildman–Crippen MR) is 108 cm³/mol. The van der Waals surface area contributed by atoms with Crippen LogP contribution in [0.3, 0.4) is 0 Å². The summed E-state index contributed by atoms with van der Waals surface area (Å²) >= 11 is 0. The van der Waals surface area contributed by atoms with Crippen LogP contribution in [0.25, 0.3) is 0 Å². The number of rotatable bonds is 12. The molecule has 0 radical (unpaired) electrons. The fourth-order valence-electron chi connectivity index (χ4n) is 2.53. The van der Waals surface area contributed by atoms with Crippen molar-refractivity contribution in [2.45, 2.75) is 26.5 Å². The number of amides is 3. The standard InChI is InChI=1S/C20H28N4O7/c1-13(2)19(20(30)23-9-17(27)28)31-18(29)10-22-15(25)12-24(16(26)8-21)11-14-6-4-3-5-7-14/h3-7,13,19H,8-12,21H2,1-2H3,(H,22,25)(H,23,30)(H,27,28)/p+1. The van der Waals surface area contributed by atoms with Gasteiger partial charge < -0.3 is 31.1 Å². The molecular formula is C20H29N4O7+. The van der Waals surface area contributed by atoms with Gasteiger partial charge in [-0.1, -0.05) is 44.2 Å². The lowest BCUT2D eigenvalue weighted by Gasteiger charge is -2.22. The Labute approximate surface area is 179 Å². The van der Waals surface area contributed by atoms with E-state index in [-0.39, 0.29) is 25.5 Å². The van der Waals surface area contributed by atoms with E-state index < -0.39 is 48.9 Å². The van der Waals surface area contributed by atoms with Gasteiger partial charge in [-0.25, -0.2) is 0 Å². The number of carboxylic acid groups (broad SMARTS) is 1. The number of carbonyl (C=O) groups excluding carboxylic acids is 4. The van der Waals surface area contributed by atoms with Gasteiger partial charge in [-0.05, 0) is 11.5 Å². The van der Waals surface area contributed by atoms with Crippen LogP contribution >= 0.6 is 0 Å². The number of aliphatic carboxylic acids is 1. The van der Waals surface area contributed by atoms with Crippen molar-refractivity contribution in [3.05, 3.63) is 35.9 Å². The highest BCUT2D eigenvalue weighted by atomic mass is 16.5. The van der Waals surface area contributed by atoms with Crippen LogP contribution in [0.15, 0.2) is 30.3 Å². The minimum Gasteiger partial charge on any atom is -0.480 e. The summed E-state index contributed by atoms with van der Waals surface area (Å²) in [7, 11) is 0. The highest BCUT2D eigenvalue weighted by molar-refractivity contribution is 5.89. The van der Waals surface area contributed by atoms with E-state index in [4.69, 9.17) is 9.84 Å². The van der Waals surface area contributed by atoms with Crippen molar-refractivity contribution in [1.29, 1.82) is 0 Å². The Morgan fingerprint density at radius 1 is 1.06 bits per heavy atom. The zero-order valence-corrected chi connectivity index (χ0v) is 17.6. The van der Waals surface area contributed by atoms with Gasteiger partial charge in [0, 0.05) is 6.54 Å². The molecule has 1 unspecified atom stereocenters. The van der Waals surface area contributed by atoms with E-state index in [1.54, 1.807) is 13.8 Å². The molecule has 0 heterocycles. The van der Waals surface area contributed by atoms with Crippen LogP contribution in [0.4, 0.5) is 0 Å². The lowest BCUT2D eigenvalue weighted by atomic mass is 10.1. The predicted octanol–water partition coefficient (Wildman–Crippen LogP) is -1.86. The molecule has 170 valence electrons. The maximum Gasteiger partial charge on any atom is 0.326 e. The van der Waals surface area contributed by atoms with Gasteiger partial charge in [0.2, 0.25) is 5.91 Å². The van der Waals surface area contributed by atoms with E-state index in [0.717, 1.165) is 5.56 Å². The summed E-state index contributed by atoms with van der Waals surface area (Å²) in [6.07, 6.45) is -1.20. The van der Waals surface area contributed by atoms with E-state index in [0.29, 0.717) is 0 Å². The van der Waals surface area contributed by atoms with Crippen LogP contribution in [0.2, 0.25) is 0 Å². The molecule has 1 rings (SSSR count). The topological polar surface area (TPSA) is 170 Å². The van der Waals surface area contributed by atoms with Crippen molar-refractivity contribution in [3.8, 4) is 0 Å². The second-order valence-electron chi connectivity index (χ2n) is 7.03. The van der Waals surface area contributed by atoms with E-state index in [1.165, 1.54) is 4.90 Å². The van der Waals surface area contributed by atoms with Crippen molar-refractivity contribution in [2.24, 2.45) is 5.92 Å². The summed E-state index contributed by atoms with van der Waals surface area (Å²) in [6.45, 7) is 2.06. The Bertz CT molecular complexity index is 783. The number of ether oxygens (including phenoxy) is 1. The second-order valence-corrected chi connectivity index (χ2v) is 7.03. The molecule has 1 atom stereocenters. The number of hydrogen-bond donors (Lipinski definition) is 4. The Balaban J connectivity index is 2.59. The van der Waals surface area contributed by atoms with Gasteiger partial charge >= 0.3 is 11.9 Å². The fraction of sp³-hybridized carbons (Fsp3) is 0.450. The molecule has 0 spiro atoms. The van der Waals surface area contributed by atoms with Crippen molar-refractivity contribution < 1.29 is 39.5 Å². The second kappa shape index (κ2) is 13.0. The van der Waals surface area contributed by atoms with Crippen LogP contribution in [0, 0.1) is 5.92 Å². The SMILES string of the molecule is CC(C)C(OC(=O)CNC(=O)CN(Cc1ccccc1)C(=O)C[NH3+])C(=O)NCC(=O)O. The fourth-order valence-corrected chi connectivity index (χ4v) is 2.53. The number of nitrogens with zero attached hydrogens (tertiary/aromatic N) is 1. The van der Waals surface area contributed by atoms with Crippen LogP contribution in [0.5, 0.6) is 0 Å². The summed E-state index contributed by atoms with van der Waals surface area (Å²) in [5, 5.41) is 13.1. The normalized spacial score (nSPS) is 11.4. The average molecular weight is 437 g/mol. The van der Waals surface area contributed by atoms with E-state index in [2.05, 4.69) is 16.4 Å². The molecule has 3 amide bonds. The Morgan fingerprint density at radius 2 is 1.71 bits per heavy atom. The highest BCUT2D eigenvalue weighted by Gasteiger charge is 2.27. The van der Waals surface area contributed by atoms with Crippen molar-refractivity contribution in [3.63, 3.8) is 0 Å². The third-order valence-electron chi connectivity index (χ3n) is 4.08. The zero-order valence-electron chi connectivity index (χ0n) is 17.6. The van der Waals surface area contributed by atoms with E-state index in [1.807, 2.05) is 30.3 Å². The maximum atomic E-state index is 12.2. The van der Waals surface area contributed by atoms with Gasteiger partial charge in [0.05, 0.1) is 0 Å². The Kier molecular flexibility index (Phi) is 10.7. The summed E-state index contributed by atoms with van der Waals surface area (Å²) in [5.41, 5.74) is 4.39. The average Bonchev–Trinajstić information content (AvgIpc) is 2.73. The summed E-state index contributed by atoms with van der Waals surface area (Å²) in [4.78, 5) is 60.3. The molecule has 11 heteroatoms. The maximum absolute atomic E-state index is 12.2. The monoisotopic (exact) mass is 437 g/mol.